The highest BCUT2D eigenvalue weighted by Crippen LogP contribution is 2.11. The van der Waals surface area contributed by atoms with Gasteiger partial charge < -0.3 is 10.2 Å². The Bertz CT molecular complexity index is 261. The molecule has 5 heteroatoms. The van der Waals surface area contributed by atoms with Gasteiger partial charge in [-0.1, -0.05) is 39.0 Å². The van der Waals surface area contributed by atoms with Crippen LogP contribution in [0, 0.1) is 0 Å². The van der Waals surface area contributed by atoms with E-state index in [1.165, 1.54) is 19.3 Å². The van der Waals surface area contributed by atoms with Crippen molar-refractivity contribution < 1.29 is 19.8 Å². The largest absolute Gasteiger partial charge is 0.480 e. The number of nitrogens with zero attached hydrogens (tertiary/aromatic N) is 1. The summed E-state index contributed by atoms with van der Waals surface area (Å²) in [6, 6.07) is -1.52. The molecule has 0 saturated carbocycles. The molecule has 5 nitrogen and oxygen atoms in total. The molecule has 19 heavy (non-hydrogen) atoms. The van der Waals surface area contributed by atoms with Gasteiger partial charge in [-0.3, -0.25) is 14.5 Å². The van der Waals surface area contributed by atoms with Crippen LogP contribution in [0.15, 0.2) is 0 Å². The molecule has 0 saturated heterocycles. The third-order valence-electron chi connectivity index (χ3n) is 3.48. The summed E-state index contributed by atoms with van der Waals surface area (Å²) < 4.78 is 0. The molecule has 0 aliphatic heterocycles. The molecule has 2 N–H and O–H groups in total. The lowest BCUT2D eigenvalue weighted by molar-refractivity contribution is -0.149. The second-order valence-electron chi connectivity index (χ2n) is 5.03. The van der Waals surface area contributed by atoms with Crippen molar-refractivity contribution in [2.24, 2.45) is 0 Å². The van der Waals surface area contributed by atoms with Crippen LogP contribution in [0.2, 0.25) is 0 Å². The zero-order valence-corrected chi connectivity index (χ0v) is 12.3. The van der Waals surface area contributed by atoms with E-state index in [-0.39, 0.29) is 0 Å². The molecule has 0 aromatic rings. The summed E-state index contributed by atoms with van der Waals surface area (Å²) in [5.41, 5.74) is 0. The molecule has 0 aliphatic carbocycles. The van der Waals surface area contributed by atoms with E-state index in [0.717, 1.165) is 19.3 Å². The maximum Gasteiger partial charge on any atom is 0.320 e. The van der Waals surface area contributed by atoms with Crippen molar-refractivity contribution in [2.75, 3.05) is 6.54 Å². The first-order chi connectivity index (χ1) is 8.91. The van der Waals surface area contributed by atoms with Gasteiger partial charge in [-0.2, -0.15) is 0 Å². The van der Waals surface area contributed by atoms with Crippen molar-refractivity contribution in [3.8, 4) is 0 Å². The molecular weight excluding hydrogens is 246 g/mol. The van der Waals surface area contributed by atoms with Crippen molar-refractivity contribution in [3.05, 3.63) is 0 Å². The Balaban J connectivity index is 4.21. The molecule has 0 spiro atoms. The zero-order chi connectivity index (χ0) is 14.8. The topological polar surface area (TPSA) is 77.8 Å². The first kappa shape index (κ1) is 17.9. The monoisotopic (exact) mass is 273 g/mol. The third kappa shape index (κ3) is 7.15. The van der Waals surface area contributed by atoms with Crippen LogP contribution in [0.5, 0.6) is 0 Å². The lowest BCUT2D eigenvalue weighted by Crippen LogP contribution is -2.48. The lowest BCUT2D eigenvalue weighted by Gasteiger charge is -2.29. The Morgan fingerprint density at radius 2 is 1.32 bits per heavy atom. The van der Waals surface area contributed by atoms with Gasteiger partial charge in [-0.25, -0.2) is 0 Å². The van der Waals surface area contributed by atoms with Gasteiger partial charge in [0.05, 0.1) is 0 Å². The van der Waals surface area contributed by atoms with E-state index in [1.54, 1.807) is 18.7 Å². The van der Waals surface area contributed by atoms with E-state index >= 15 is 0 Å². The van der Waals surface area contributed by atoms with Crippen molar-refractivity contribution in [2.45, 2.75) is 71.4 Å². The standard InChI is InChI=1S/C14H27NO4/c1-4-5-6-7-8-9-10-15(11(2)13(16)17)12(3)14(18)19/h11-12H,4-10H2,1-3H3,(H,16,17)(H,18,19). The number of carboxylic acids is 2. The molecule has 0 rings (SSSR count). The number of hydrogen-bond donors (Lipinski definition) is 2. The fraction of sp³-hybridized carbons (Fsp3) is 0.857. The summed E-state index contributed by atoms with van der Waals surface area (Å²) in [5, 5.41) is 18.0. The maximum atomic E-state index is 11.0. The van der Waals surface area contributed by atoms with Gasteiger partial charge in [0.2, 0.25) is 0 Å². The zero-order valence-electron chi connectivity index (χ0n) is 12.3. The number of carbonyl (C=O) groups is 2. The minimum absolute atomic E-state index is 0.521. The molecule has 2 unspecified atom stereocenters. The van der Waals surface area contributed by atoms with E-state index in [2.05, 4.69) is 6.92 Å². The highest BCUT2D eigenvalue weighted by molar-refractivity contribution is 5.76. The number of unbranched alkanes of at least 4 members (excludes halogenated alkanes) is 5. The Hall–Kier alpha value is -1.10. The van der Waals surface area contributed by atoms with Crippen molar-refractivity contribution in [3.63, 3.8) is 0 Å². The second-order valence-corrected chi connectivity index (χ2v) is 5.03. The highest BCUT2D eigenvalue weighted by Gasteiger charge is 2.28. The molecule has 0 heterocycles. The second kappa shape index (κ2) is 9.78. The molecule has 112 valence electrons. The normalized spacial score (nSPS) is 14.3. The first-order valence-electron chi connectivity index (χ1n) is 7.13. The molecule has 0 aliphatic rings. The van der Waals surface area contributed by atoms with E-state index in [4.69, 9.17) is 10.2 Å². The minimum Gasteiger partial charge on any atom is -0.480 e. The number of hydrogen-bond acceptors (Lipinski definition) is 3. The Morgan fingerprint density at radius 1 is 0.895 bits per heavy atom. The highest BCUT2D eigenvalue weighted by atomic mass is 16.4. The predicted molar refractivity (Wildman–Crippen MR) is 74.3 cm³/mol. The summed E-state index contributed by atoms with van der Waals surface area (Å²) >= 11 is 0. The summed E-state index contributed by atoms with van der Waals surface area (Å²) in [6.45, 7) is 5.76. The maximum absolute atomic E-state index is 11.0. The van der Waals surface area contributed by atoms with Crippen molar-refractivity contribution in [1.29, 1.82) is 0 Å². The van der Waals surface area contributed by atoms with Crippen LogP contribution >= 0.6 is 0 Å². The third-order valence-corrected chi connectivity index (χ3v) is 3.48. The molecular formula is C14H27NO4. The quantitative estimate of drug-likeness (QED) is 0.566. The number of rotatable bonds is 11. The molecule has 2 atom stereocenters. The summed E-state index contributed by atoms with van der Waals surface area (Å²) in [7, 11) is 0. The van der Waals surface area contributed by atoms with Crippen LogP contribution < -0.4 is 0 Å². The van der Waals surface area contributed by atoms with E-state index in [9.17, 15) is 9.59 Å². The first-order valence-corrected chi connectivity index (χ1v) is 7.13. The molecule has 0 bridgehead atoms. The van der Waals surface area contributed by atoms with E-state index in [0.29, 0.717) is 6.54 Å². The smallest absolute Gasteiger partial charge is 0.320 e. The van der Waals surface area contributed by atoms with Gasteiger partial charge in [0.15, 0.2) is 0 Å². The predicted octanol–water partition coefficient (Wildman–Crippen LogP) is 2.60. The molecule has 0 fully saturated rings. The van der Waals surface area contributed by atoms with Crippen LogP contribution in [-0.4, -0.2) is 45.7 Å². The van der Waals surface area contributed by atoms with Crippen molar-refractivity contribution >= 4 is 11.9 Å². The molecule has 0 aromatic carbocycles. The summed E-state index contributed by atoms with van der Waals surface area (Å²) in [5.74, 6) is -1.95. The van der Waals surface area contributed by atoms with E-state index in [1.807, 2.05) is 0 Å². The fourth-order valence-corrected chi connectivity index (χ4v) is 2.08. The average molecular weight is 273 g/mol. The average Bonchev–Trinajstić information content (AvgIpc) is 2.36. The van der Waals surface area contributed by atoms with Crippen molar-refractivity contribution in [1.82, 2.24) is 4.90 Å². The molecule has 0 aromatic heterocycles. The van der Waals surface area contributed by atoms with Crippen LogP contribution in [0.25, 0.3) is 0 Å². The Kier molecular flexibility index (Phi) is 9.21. The van der Waals surface area contributed by atoms with Gasteiger partial charge >= 0.3 is 11.9 Å². The van der Waals surface area contributed by atoms with Gasteiger partial charge in [-0.05, 0) is 26.8 Å². The Labute approximate surface area is 115 Å². The molecule has 0 radical (unpaired) electrons. The van der Waals surface area contributed by atoms with Crippen LogP contribution in [0.3, 0.4) is 0 Å². The number of carboxylic acid groups (broad SMARTS) is 2. The SMILES string of the molecule is CCCCCCCCN(C(C)C(=O)O)C(C)C(=O)O. The summed E-state index contributed by atoms with van der Waals surface area (Å²) in [4.78, 5) is 23.6. The Morgan fingerprint density at radius 3 is 1.74 bits per heavy atom. The molecule has 0 amide bonds. The summed E-state index contributed by atoms with van der Waals surface area (Å²) in [6.07, 6.45) is 6.61. The van der Waals surface area contributed by atoms with E-state index < -0.39 is 24.0 Å². The van der Waals surface area contributed by atoms with Crippen LogP contribution in [0.1, 0.15) is 59.3 Å². The van der Waals surface area contributed by atoms with Crippen LogP contribution in [-0.2, 0) is 9.59 Å². The van der Waals surface area contributed by atoms with Gasteiger partial charge in [0.1, 0.15) is 12.1 Å². The lowest BCUT2D eigenvalue weighted by atomic mass is 10.1. The van der Waals surface area contributed by atoms with Gasteiger partial charge in [-0.15, -0.1) is 0 Å². The minimum atomic E-state index is -0.973. The van der Waals surface area contributed by atoms with Crippen LogP contribution in [0.4, 0.5) is 0 Å². The van der Waals surface area contributed by atoms with Gasteiger partial charge in [0.25, 0.3) is 0 Å². The fourth-order valence-electron chi connectivity index (χ4n) is 2.08. The van der Waals surface area contributed by atoms with Gasteiger partial charge in [0, 0.05) is 0 Å². The number of aliphatic carboxylic acids is 2.